The van der Waals surface area contributed by atoms with Gasteiger partial charge in [0.25, 0.3) is 0 Å². The molecule has 1 saturated heterocycles. The number of carbonyl (C=O) groups excluding carboxylic acids is 1. The molecule has 17 heavy (non-hydrogen) atoms. The third-order valence-electron chi connectivity index (χ3n) is 2.96. The maximum atomic E-state index is 11.7. The molecule has 0 unspecified atom stereocenters. The Balaban J connectivity index is 1.79. The van der Waals surface area contributed by atoms with Gasteiger partial charge in [0.15, 0.2) is 0 Å². The minimum atomic E-state index is -0.00148. The summed E-state index contributed by atoms with van der Waals surface area (Å²) >= 11 is 0. The van der Waals surface area contributed by atoms with Crippen LogP contribution in [0, 0.1) is 0 Å². The van der Waals surface area contributed by atoms with Crippen molar-refractivity contribution in [3.63, 3.8) is 0 Å². The molecule has 1 aliphatic rings. The molecule has 0 spiro atoms. The molecule has 4 heteroatoms. The average Bonchev–Trinajstić information content (AvgIpc) is 2.82. The predicted octanol–water partition coefficient (Wildman–Crippen LogP) is 1.11. The minimum Gasteiger partial charge on any atom is -0.398 e. The van der Waals surface area contributed by atoms with E-state index in [1.54, 1.807) is 0 Å². The predicted molar refractivity (Wildman–Crippen MR) is 66.5 cm³/mol. The van der Waals surface area contributed by atoms with Crippen LogP contribution in [0.15, 0.2) is 24.3 Å². The number of ether oxygens (including phenoxy) is 1. The Morgan fingerprint density at radius 1 is 1.47 bits per heavy atom. The van der Waals surface area contributed by atoms with Crippen LogP contribution in [0.2, 0.25) is 0 Å². The maximum absolute atomic E-state index is 11.7. The third kappa shape index (κ3) is 3.46. The molecule has 0 aromatic heterocycles. The van der Waals surface area contributed by atoms with Gasteiger partial charge in [0.2, 0.25) is 5.91 Å². The topological polar surface area (TPSA) is 64.4 Å². The van der Waals surface area contributed by atoms with Crippen LogP contribution in [-0.4, -0.2) is 25.2 Å². The number of rotatable bonds is 4. The van der Waals surface area contributed by atoms with Crippen molar-refractivity contribution in [2.45, 2.75) is 25.4 Å². The minimum absolute atomic E-state index is 0.00148. The van der Waals surface area contributed by atoms with Crippen LogP contribution in [0.4, 0.5) is 5.69 Å². The van der Waals surface area contributed by atoms with Crippen molar-refractivity contribution >= 4 is 11.6 Å². The summed E-state index contributed by atoms with van der Waals surface area (Å²) in [5.41, 5.74) is 7.32. The standard InChI is InChI=1S/C13H18N2O2/c14-12-6-2-1-4-10(12)8-13(16)15-9-11-5-3-7-17-11/h1-2,4,6,11H,3,5,7-9,14H2,(H,15,16)/t11-/m1/s1. The normalized spacial score (nSPS) is 19.2. The number of para-hydroxylation sites is 1. The molecule has 3 N–H and O–H groups in total. The molecule has 1 aromatic carbocycles. The lowest BCUT2D eigenvalue weighted by Gasteiger charge is -2.11. The van der Waals surface area contributed by atoms with Crippen molar-refractivity contribution in [2.75, 3.05) is 18.9 Å². The van der Waals surface area contributed by atoms with Gasteiger partial charge in [-0.25, -0.2) is 0 Å². The van der Waals surface area contributed by atoms with Crippen LogP contribution in [0.5, 0.6) is 0 Å². The highest BCUT2D eigenvalue weighted by molar-refractivity contribution is 5.80. The van der Waals surface area contributed by atoms with Gasteiger partial charge in [-0.2, -0.15) is 0 Å². The van der Waals surface area contributed by atoms with Crippen molar-refractivity contribution in [1.29, 1.82) is 0 Å². The molecule has 1 aromatic rings. The van der Waals surface area contributed by atoms with Crippen LogP contribution in [0.1, 0.15) is 18.4 Å². The quantitative estimate of drug-likeness (QED) is 0.767. The third-order valence-corrected chi connectivity index (χ3v) is 2.96. The zero-order valence-electron chi connectivity index (χ0n) is 9.82. The number of carbonyl (C=O) groups is 1. The molecule has 92 valence electrons. The van der Waals surface area contributed by atoms with E-state index in [-0.39, 0.29) is 12.0 Å². The summed E-state index contributed by atoms with van der Waals surface area (Å²) in [7, 11) is 0. The second-order valence-electron chi connectivity index (χ2n) is 4.31. The zero-order chi connectivity index (χ0) is 12.1. The van der Waals surface area contributed by atoms with Gasteiger partial charge in [0.05, 0.1) is 12.5 Å². The first-order chi connectivity index (χ1) is 8.25. The van der Waals surface area contributed by atoms with E-state index < -0.39 is 0 Å². The van der Waals surface area contributed by atoms with Gasteiger partial charge in [-0.1, -0.05) is 18.2 Å². The summed E-state index contributed by atoms with van der Waals surface area (Å²) in [6.07, 6.45) is 2.64. The molecule has 1 amide bonds. The van der Waals surface area contributed by atoms with E-state index in [2.05, 4.69) is 5.32 Å². The van der Waals surface area contributed by atoms with E-state index in [4.69, 9.17) is 10.5 Å². The van der Waals surface area contributed by atoms with E-state index in [9.17, 15) is 4.79 Å². The number of hydrogen-bond donors (Lipinski definition) is 2. The molecule has 1 heterocycles. The Bertz CT molecular complexity index is 387. The largest absolute Gasteiger partial charge is 0.398 e. The summed E-state index contributed by atoms with van der Waals surface area (Å²) in [6.45, 7) is 1.41. The maximum Gasteiger partial charge on any atom is 0.224 e. The highest BCUT2D eigenvalue weighted by Crippen LogP contribution is 2.12. The number of benzene rings is 1. The van der Waals surface area contributed by atoms with E-state index in [0.29, 0.717) is 18.7 Å². The van der Waals surface area contributed by atoms with Gasteiger partial charge in [-0.15, -0.1) is 0 Å². The highest BCUT2D eigenvalue weighted by Gasteiger charge is 2.16. The van der Waals surface area contributed by atoms with Crippen LogP contribution >= 0.6 is 0 Å². The van der Waals surface area contributed by atoms with Crippen molar-refractivity contribution in [1.82, 2.24) is 5.32 Å². The van der Waals surface area contributed by atoms with Crippen molar-refractivity contribution in [3.05, 3.63) is 29.8 Å². The van der Waals surface area contributed by atoms with Crippen LogP contribution in [-0.2, 0) is 16.0 Å². The van der Waals surface area contributed by atoms with Gasteiger partial charge in [0, 0.05) is 18.8 Å². The number of nitrogens with two attached hydrogens (primary N) is 1. The highest BCUT2D eigenvalue weighted by atomic mass is 16.5. The first kappa shape index (κ1) is 11.9. The van der Waals surface area contributed by atoms with E-state index >= 15 is 0 Å². The zero-order valence-corrected chi connectivity index (χ0v) is 9.82. The van der Waals surface area contributed by atoms with E-state index in [1.807, 2.05) is 24.3 Å². The summed E-state index contributed by atoms with van der Waals surface area (Å²) in [4.78, 5) is 11.7. The number of amides is 1. The summed E-state index contributed by atoms with van der Waals surface area (Å²) in [5, 5.41) is 2.88. The van der Waals surface area contributed by atoms with E-state index in [1.165, 1.54) is 0 Å². The Labute approximate surface area is 101 Å². The Kier molecular flexibility index (Phi) is 3.98. The average molecular weight is 234 g/mol. The lowest BCUT2D eigenvalue weighted by molar-refractivity contribution is -0.120. The lowest BCUT2D eigenvalue weighted by atomic mass is 10.1. The molecule has 2 rings (SSSR count). The molecular formula is C13H18N2O2. The lowest BCUT2D eigenvalue weighted by Crippen LogP contribution is -2.32. The molecule has 0 radical (unpaired) electrons. The number of anilines is 1. The Hall–Kier alpha value is -1.55. The second-order valence-corrected chi connectivity index (χ2v) is 4.31. The molecule has 1 aliphatic heterocycles. The summed E-state index contributed by atoms with van der Waals surface area (Å²) in [5.74, 6) is -0.00148. The van der Waals surface area contributed by atoms with E-state index in [0.717, 1.165) is 25.0 Å². The molecular weight excluding hydrogens is 216 g/mol. The molecule has 0 saturated carbocycles. The Morgan fingerprint density at radius 3 is 3.00 bits per heavy atom. The fourth-order valence-corrected chi connectivity index (χ4v) is 1.96. The fraction of sp³-hybridized carbons (Fsp3) is 0.462. The molecule has 0 aliphatic carbocycles. The van der Waals surface area contributed by atoms with Crippen LogP contribution in [0.3, 0.4) is 0 Å². The summed E-state index contributed by atoms with van der Waals surface area (Å²) in [6, 6.07) is 7.44. The molecule has 1 fully saturated rings. The number of nitrogen functional groups attached to an aromatic ring is 1. The molecule has 4 nitrogen and oxygen atoms in total. The Morgan fingerprint density at radius 2 is 2.29 bits per heavy atom. The summed E-state index contributed by atoms with van der Waals surface area (Å²) < 4.78 is 5.44. The monoisotopic (exact) mass is 234 g/mol. The molecule has 0 bridgehead atoms. The number of hydrogen-bond acceptors (Lipinski definition) is 3. The van der Waals surface area contributed by atoms with Gasteiger partial charge in [-0.3, -0.25) is 4.79 Å². The van der Waals surface area contributed by atoms with Gasteiger partial charge in [0.1, 0.15) is 0 Å². The fourth-order valence-electron chi connectivity index (χ4n) is 1.96. The first-order valence-electron chi connectivity index (χ1n) is 5.97. The SMILES string of the molecule is Nc1ccccc1CC(=O)NC[C@H]1CCCO1. The second kappa shape index (κ2) is 5.68. The molecule has 1 atom stereocenters. The van der Waals surface area contributed by atoms with Crippen molar-refractivity contribution in [3.8, 4) is 0 Å². The van der Waals surface area contributed by atoms with Gasteiger partial charge in [-0.05, 0) is 24.5 Å². The van der Waals surface area contributed by atoms with Crippen molar-refractivity contribution < 1.29 is 9.53 Å². The smallest absolute Gasteiger partial charge is 0.224 e. The van der Waals surface area contributed by atoms with Crippen molar-refractivity contribution in [2.24, 2.45) is 0 Å². The first-order valence-corrected chi connectivity index (χ1v) is 5.97. The van der Waals surface area contributed by atoms with Crippen LogP contribution in [0.25, 0.3) is 0 Å². The van der Waals surface area contributed by atoms with Gasteiger partial charge >= 0.3 is 0 Å². The van der Waals surface area contributed by atoms with Crippen LogP contribution < -0.4 is 11.1 Å². The number of nitrogens with one attached hydrogen (secondary N) is 1. The van der Waals surface area contributed by atoms with Gasteiger partial charge < -0.3 is 15.8 Å².